The lowest BCUT2D eigenvalue weighted by Crippen LogP contribution is -2.09. The number of carbonyl (C=O) groups is 1. The predicted molar refractivity (Wildman–Crippen MR) is 45.6 cm³/mol. The Hall–Kier alpha value is -0.370. The van der Waals surface area contributed by atoms with Crippen LogP contribution >= 0.6 is 0 Å². The van der Waals surface area contributed by atoms with E-state index in [-0.39, 0.29) is 0 Å². The summed E-state index contributed by atoms with van der Waals surface area (Å²) in [5.74, 6) is 0.733. The van der Waals surface area contributed by atoms with Crippen molar-refractivity contribution in [1.82, 2.24) is 0 Å². The zero-order valence-electron chi connectivity index (χ0n) is 7.72. The fourth-order valence-electron chi connectivity index (χ4n) is 1.11. The Morgan fingerprint density at radius 2 is 2.18 bits per heavy atom. The van der Waals surface area contributed by atoms with Gasteiger partial charge >= 0.3 is 0 Å². The quantitative estimate of drug-likeness (QED) is 0.591. The molecule has 0 bridgehead atoms. The van der Waals surface area contributed by atoms with Crippen LogP contribution in [0.2, 0.25) is 0 Å². The van der Waals surface area contributed by atoms with Gasteiger partial charge in [0.1, 0.15) is 5.78 Å². The zero-order valence-corrected chi connectivity index (χ0v) is 7.72. The van der Waals surface area contributed by atoms with E-state index in [2.05, 4.69) is 0 Å². The molecule has 0 aromatic carbocycles. The molecule has 1 atom stereocenters. The summed E-state index contributed by atoms with van der Waals surface area (Å²) in [6, 6.07) is 0. The van der Waals surface area contributed by atoms with Crippen LogP contribution in [0.5, 0.6) is 0 Å². The van der Waals surface area contributed by atoms with Crippen LogP contribution in [0.4, 0.5) is 0 Å². The van der Waals surface area contributed by atoms with Crippen molar-refractivity contribution in [3.63, 3.8) is 0 Å². The number of ketones is 1. The highest BCUT2D eigenvalue weighted by Gasteiger charge is 2.07. The van der Waals surface area contributed by atoms with E-state index in [0.717, 1.165) is 6.42 Å². The third kappa shape index (κ3) is 6.05. The van der Waals surface area contributed by atoms with Gasteiger partial charge in [-0.15, -0.1) is 0 Å². The minimum Gasteiger partial charge on any atom is -0.384 e. The molecule has 0 saturated carbocycles. The monoisotopic (exact) mass is 158 g/mol. The van der Waals surface area contributed by atoms with Crippen LogP contribution in [0.3, 0.4) is 0 Å². The van der Waals surface area contributed by atoms with Crippen molar-refractivity contribution in [1.29, 1.82) is 0 Å². The first-order valence-corrected chi connectivity index (χ1v) is 4.21. The first-order chi connectivity index (χ1) is 5.20. The van der Waals surface area contributed by atoms with Crippen molar-refractivity contribution in [2.75, 3.05) is 13.7 Å². The van der Waals surface area contributed by atoms with Gasteiger partial charge in [0.05, 0.1) is 0 Å². The summed E-state index contributed by atoms with van der Waals surface area (Å²) in [7, 11) is 1.67. The molecule has 0 spiro atoms. The molecule has 2 nitrogen and oxygen atoms in total. The van der Waals surface area contributed by atoms with Gasteiger partial charge in [0.15, 0.2) is 0 Å². The summed E-state index contributed by atoms with van der Waals surface area (Å²) in [6.45, 7) is 4.76. The maximum Gasteiger partial charge on any atom is 0.133 e. The SMILES string of the molecule is CCCC(=O)CC(C)COC. The number of methoxy groups -OCH3 is 1. The van der Waals surface area contributed by atoms with E-state index in [1.54, 1.807) is 7.11 Å². The number of hydrogen-bond donors (Lipinski definition) is 0. The molecule has 0 fully saturated rings. The van der Waals surface area contributed by atoms with Crippen molar-refractivity contribution in [3.8, 4) is 0 Å². The van der Waals surface area contributed by atoms with Crippen molar-refractivity contribution in [2.24, 2.45) is 5.92 Å². The number of carbonyl (C=O) groups excluding carboxylic acids is 1. The molecule has 0 aliphatic heterocycles. The average molecular weight is 158 g/mol. The molecule has 11 heavy (non-hydrogen) atoms. The Kier molecular flexibility index (Phi) is 6.13. The summed E-state index contributed by atoms with van der Waals surface area (Å²) >= 11 is 0. The molecule has 0 radical (unpaired) electrons. The standard InChI is InChI=1S/C9H18O2/c1-4-5-9(10)6-8(2)7-11-3/h8H,4-7H2,1-3H3. The summed E-state index contributed by atoms with van der Waals surface area (Å²) in [5.41, 5.74) is 0. The van der Waals surface area contributed by atoms with Crippen molar-refractivity contribution < 1.29 is 9.53 Å². The lowest BCUT2D eigenvalue weighted by Gasteiger charge is -2.07. The predicted octanol–water partition coefficient (Wildman–Crippen LogP) is 2.03. The molecule has 0 aliphatic rings. The number of rotatable bonds is 6. The van der Waals surface area contributed by atoms with E-state index in [1.807, 2.05) is 13.8 Å². The fourth-order valence-corrected chi connectivity index (χ4v) is 1.11. The van der Waals surface area contributed by atoms with Crippen LogP contribution in [-0.4, -0.2) is 19.5 Å². The van der Waals surface area contributed by atoms with Gasteiger partial charge in [-0.1, -0.05) is 13.8 Å². The summed E-state index contributed by atoms with van der Waals surface area (Å²) in [6.07, 6.45) is 2.34. The molecule has 0 heterocycles. The smallest absolute Gasteiger partial charge is 0.133 e. The van der Waals surface area contributed by atoms with Crippen LogP contribution in [0, 0.1) is 5.92 Å². The van der Waals surface area contributed by atoms with Gasteiger partial charge in [-0.25, -0.2) is 0 Å². The lowest BCUT2D eigenvalue weighted by molar-refractivity contribution is -0.120. The highest BCUT2D eigenvalue weighted by molar-refractivity contribution is 5.78. The summed E-state index contributed by atoms with van der Waals surface area (Å²) < 4.78 is 4.93. The second kappa shape index (κ2) is 6.35. The topological polar surface area (TPSA) is 26.3 Å². The molecule has 0 aromatic rings. The second-order valence-corrected chi connectivity index (χ2v) is 3.05. The van der Waals surface area contributed by atoms with Crippen LogP contribution in [0.1, 0.15) is 33.1 Å². The maximum absolute atomic E-state index is 11.1. The molecule has 1 unspecified atom stereocenters. The maximum atomic E-state index is 11.1. The summed E-state index contributed by atoms with van der Waals surface area (Å²) in [5, 5.41) is 0. The minimum atomic E-state index is 0.358. The van der Waals surface area contributed by atoms with Crippen molar-refractivity contribution >= 4 is 5.78 Å². The van der Waals surface area contributed by atoms with E-state index >= 15 is 0 Å². The lowest BCUT2D eigenvalue weighted by atomic mass is 10.0. The van der Waals surface area contributed by atoms with Gasteiger partial charge in [0.25, 0.3) is 0 Å². The minimum absolute atomic E-state index is 0.358. The normalized spacial score (nSPS) is 13.0. The average Bonchev–Trinajstić information content (AvgIpc) is 1.87. The zero-order chi connectivity index (χ0) is 8.69. The van der Waals surface area contributed by atoms with Gasteiger partial charge in [-0.05, 0) is 12.3 Å². The molecule has 0 rings (SSSR count). The molecule has 2 heteroatoms. The fraction of sp³-hybridized carbons (Fsp3) is 0.889. The second-order valence-electron chi connectivity index (χ2n) is 3.05. The van der Waals surface area contributed by atoms with Crippen LogP contribution in [-0.2, 0) is 9.53 Å². The number of ether oxygens (including phenoxy) is 1. The van der Waals surface area contributed by atoms with Crippen LogP contribution < -0.4 is 0 Å². The Balaban J connectivity index is 3.40. The van der Waals surface area contributed by atoms with Crippen molar-refractivity contribution in [3.05, 3.63) is 0 Å². The van der Waals surface area contributed by atoms with Gasteiger partial charge in [0.2, 0.25) is 0 Å². The molecule has 0 aromatic heterocycles. The molecule has 66 valence electrons. The molecule has 0 aliphatic carbocycles. The Morgan fingerprint density at radius 1 is 1.55 bits per heavy atom. The third-order valence-corrected chi connectivity index (χ3v) is 1.56. The van der Waals surface area contributed by atoms with Crippen molar-refractivity contribution in [2.45, 2.75) is 33.1 Å². The van der Waals surface area contributed by atoms with Gasteiger partial charge in [-0.2, -0.15) is 0 Å². The van der Waals surface area contributed by atoms with E-state index in [0.29, 0.717) is 31.1 Å². The largest absolute Gasteiger partial charge is 0.384 e. The van der Waals surface area contributed by atoms with E-state index < -0.39 is 0 Å². The van der Waals surface area contributed by atoms with Gasteiger partial charge in [0, 0.05) is 26.6 Å². The molecule has 0 N–H and O–H groups in total. The number of hydrogen-bond acceptors (Lipinski definition) is 2. The highest BCUT2D eigenvalue weighted by Crippen LogP contribution is 2.05. The Bertz CT molecular complexity index is 110. The first kappa shape index (κ1) is 10.6. The Morgan fingerprint density at radius 3 is 2.64 bits per heavy atom. The van der Waals surface area contributed by atoms with Gasteiger partial charge < -0.3 is 4.74 Å². The van der Waals surface area contributed by atoms with E-state index in [9.17, 15) is 4.79 Å². The number of Topliss-reactive ketones (excluding diaryl/α,β-unsaturated/α-hetero) is 1. The molecule has 0 saturated heterocycles. The Labute approximate surface area is 68.9 Å². The first-order valence-electron chi connectivity index (χ1n) is 4.21. The highest BCUT2D eigenvalue weighted by atomic mass is 16.5. The summed E-state index contributed by atoms with van der Waals surface area (Å²) in [4.78, 5) is 11.1. The van der Waals surface area contributed by atoms with E-state index in [4.69, 9.17) is 4.74 Å². The van der Waals surface area contributed by atoms with Crippen LogP contribution in [0.25, 0.3) is 0 Å². The van der Waals surface area contributed by atoms with Gasteiger partial charge in [-0.3, -0.25) is 4.79 Å². The van der Waals surface area contributed by atoms with Crippen LogP contribution in [0.15, 0.2) is 0 Å². The molecular formula is C9H18O2. The molecular weight excluding hydrogens is 140 g/mol. The molecule has 0 amide bonds. The third-order valence-electron chi connectivity index (χ3n) is 1.56. The van der Waals surface area contributed by atoms with E-state index in [1.165, 1.54) is 0 Å².